The van der Waals surface area contributed by atoms with Gasteiger partial charge in [0.05, 0.1) is 12.7 Å². The van der Waals surface area contributed by atoms with Gasteiger partial charge in [-0.05, 0) is 11.6 Å². The summed E-state index contributed by atoms with van der Waals surface area (Å²) in [6, 6.07) is 0. The first kappa shape index (κ1) is 25.4. The number of aromatic amines is 1. The number of hydrogen-bond donors (Lipinski definition) is 7. The number of imidazole rings is 1. The molecule has 1 aliphatic rings. The largest absolute Gasteiger partial charge is 0.490 e. The van der Waals surface area contributed by atoms with Crippen LogP contribution < -0.4 is 11.3 Å². The number of aromatic nitrogens is 4. The number of fused-ring (bicyclic) bond motifs is 1. The second-order valence-corrected chi connectivity index (χ2v) is 11.0. The molecule has 2 aromatic heterocycles. The van der Waals surface area contributed by atoms with E-state index in [1.165, 1.54) is 0 Å². The third kappa shape index (κ3) is 6.01. The van der Waals surface area contributed by atoms with Crippen LogP contribution >= 0.6 is 35.1 Å². The van der Waals surface area contributed by atoms with Crippen LogP contribution in [-0.4, -0.2) is 63.0 Å². The second-order valence-electron chi connectivity index (χ2n) is 6.19. The normalized spacial score (nSPS) is 25.6. The van der Waals surface area contributed by atoms with Crippen molar-refractivity contribution < 1.29 is 56.3 Å². The van der Waals surface area contributed by atoms with Crippen molar-refractivity contribution in [1.82, 2.24) is 19.5 Å². The summed E-state index contributed by atoms with van der Waals surface area (Å²) in [5.41, 5.74) is 4.58. The van der Waals surface area contributed by atoms with Crippen LogP contribution in [0.2, 0.25) is 5.28 Å². The van der Waals surface area contributed by atoms with Crippen LogP contribution in [0.15, 0.2) is 4.79 Å². The highest BCUT2D eigenvalue weighted by molar-refractivity contribution is 7.66. The summed E-state index contributed by atoms with van der Waals surface area (Å²) in [4.78, 5) is 57.5. The summed E-state index contributed by atoms with van der Waals surface area (Å²) in [7, 11) is -16.6. The smallest absolute Gasteiger partial charge is 0.390 e. The number of nitrogen functional groups attached to an aromatic ring is 1. The summed E-state index contributed by atoms with van der Waals surface area (Å²) in [6.07, 6.45) is -3.91. The minimum atomic E-state index is -5.69. The van der Waals surface area contributed by atoms with Crippen molar-refractivity contribution in [3.8, 4) is 0 Å². The van der Waals surface area contributed by atoms with Crippen molar-refractivity contribution in [3.05, 3.63) is 15.6 Å². The second kappa shape index (κ2) is 8.85. The Balaban J connectivity index is 1.71. The molecule has 3 heterocycles. The molecular formula is C10H15ClN5O13P3. The quantitative estimate of drug-likeness (QED) is 0.161. The van der Waals surface area contributed by atoms with Gasteiger partial charge in [-0.1, -0.05) is 0 Å². The van der Waals surface area contributed by atoms with Gasteiger partial charge < -0.3 is 35.2 Å². The fraction of sp³-hybridized carbons (Fsp3) is 0.500. The molecule has 5 atom stereocenters. The molecule has 0 saturated carbocycles. The number of rotatable bonds is 8. The maximum Gasteiger partial charge on any atom is 0.490 e. The number of nitrogens with zero attached hydrogens (tertiary/aromatic N) is 3. The SMILES string of the molecule is Nc1nc2c(nc(Cl)n2[C@H]2C[C@H](O)[C@@H](COP(=O)(O)OP(=O)(O)OP(=O)(O)O)O2)c(=O)[nH]1. The molecule has 0 bridgehead atoms. The Morgan fingerprint density at radius 2 is 1.84 bits per heavy atom. The molecule has 2 aromatic rings. The molecule has 0 amide bonds. The maximum atomic E-state index is 11.9. The van der Waals surface area contributed by atoms with Crippen LogP contribution in [0.1, 0.15) is 12.6 Å². The van der Waals surface area contributed by atoms with E-state index >= 15 is 0 Å². The predicted molar refractivity (Wildman–Crippen MR) is 102 cm³/mol. The first-order valence-corrected chi connectivity index (χ1v) is 13.0. The van der Waals surface area contributed by atoms with Crippen LogP contribution in [0.4, 0.5) is 5.95 Å². The molecule has 1 aliphatic heterocycles. The molecule has 0 spiro atoms. The minimum Gasteiger partial charge on any atom is -0.390 e. The van der Waals surface area contributed by atoms with Crippen LogP contribution in [0.25, 0.3) is 11.2 Å². The number of anilines is 1. The summed E-state index contributed by atoms with van der Waals surface area (Å²) in [6.45, 7) is -0.887. The Morgan fingerprint density at radius 1 is 1.19 bits per heavy atom. The number of hydrogen-bond acceptors (Lipinski definition) is 12. The van der Waals surface area contributed by atoms with E-state index in [1.54, 1.807) is 0 Å². The molecule has 2 unspecified atom stereocenters. The molecule has 180 valence electrons. The first-order chi connectivity index (χ1) is 14.6. The maximum absolute atomic E-state index is 11.9. The van der Waals surface area contributed by atoms with E-state index < -0.39 is 54.1 Å². The molecule has 0 aliphatic carbocycles. The molecule has 0 aromatic carbocycles. The standard InChI is InChI=1S/C10H15ClN5O13P3/c11-9-13-6-7(14-10(12)15-8(6)18)16(9)5-1-3(17)4(27-5)2-26-31(22,23)29-32(24,25)28-30(19,20)21/h3-5,17H,1-2H2,(H,22,23)(H,24,25)(H2,19,20,21)(H3,12,14,15,18)/t3-,4+,5+/m0/s1. The molecule has 0 radical (unpaired) electrons. The molecule has 18 nitrogen and oxygen atoms in total. The molecule has 32 heavy (non-hydrogen) atoms. The molecule has 3 rings (SSSR count). The van der Waals surface area contributed by atoms with Crippen LogP contribution in [0, 0.1) is 0 Å². The Bertz CT molecular complexity index is 1230. The number of aliphatic hydroxyl groups is 1. The van der Waals surface area contributed by atoms with Gasteiger partial charge in [0.1, 0.15) is 12.3 Å². The van der Waals surface area contributed by atoms with E-state index in [-0.39, 0.29) is 28.8 Å². The van der Waals surface area contributed by atoms with Gasteiger partial charge in [-0.2, -0.15) is 13.6 Å². The van der Waals surface area contributed by atoms with Gasteiger partial charge in [-0.3, -0.25) is 18.9 Å². The average Bonchev–Trinajstić information content (AvgIpc) is 3.09. The molecule has 1 fully saturated rings. The third-order valence-electron chi connectivity index (χ3n) is 3.84. The monoisotopic (exact) mass is 541 g/mol. The summed E-state index contributed by atoms with van der Waals surface area (Å²) in [5, 5.41) is 9.93. The average molecular weight is 542 g/mol. The molecule has 8 N–H and O–H groups in total. The summed E-state index contributed by atoms with van der Waals surface area (Å²) < 4.78 is 52.0. The number of phosphoric acid groups is 3. The van der Waals surface area contributed by atoms with Crippen molar-refractivity contribution in [3.63, 3.8) is 0 Å². The zero-order valence-electron chi connectivity index (χ0n) is 15.3. The van der Waals surface area contributed by atoms with Crippen LogP contribution in [0.5, 0.6) is 0 Å². The van der Waals surface area contributed by atoms with E-state index in [9.17, 15) is 28.5 Å². The number of nitrogens with one attached hydrogen (secondary N) is 1. The van der Waals surface area contributed by atoms with Crippen LogP contribution in [0.3, 0.4) is 0 Å². The van der Waals surface area contributed by atoms with Gasteiger partial charge in [0.25, 0.3) is 5.56 Å². The Morgan fingerprint density at radius 3 is 2.47 bits per heavy atom. The highest BCUT2D eigenvalue weighted by atomic mass is 35.5. The Hall–Kier alpha value is -1.23. The van der Waals surface area contributed by atoms with Crippen molar-refractivity contribution >= 4 is 52.2 Å². The van der Waals surface area contributed by atoms with Gasteiger partial charge in [-0.15, -0.1) is 0 Å². The van der Waals surface area contributed by atoms with Gasteiger partial charge in [-0.25, -0.2) is 18.7 Å². The lowest BCUT2D eigenvalue weighted by Crippen LogP contribution is -2.26. The topological polar surface area (TPSA) is 279 Å². The number of nitrogens with two attached hydrogens (primary N) is 1. The summed E-state index contributed by atoms with van der Waals surface area (Å²) >= 11 is 6.03. The number of ether oxygens (including phenoxy) is 1. The van der Waals surface area contributed by atoms with Gasteiger partial charge in [0, 0.05) is 6.42 Å². The fourth-order valence-corrected chi connectivity index (χ4v) is 6.03. The molecular weight excluding hydrogens is 527 g/mol. The van der Waals surface area contributed by atoms with Gasteiger partial charge in [0.15, 0.2) is 11.2 Å². The zero-order valence-corrected chi connectivity index (χ0v) is 18.7. The third-order valence-corrected chi connectivity index (χ3v) is 7.91. The number of H-pyrrole nitrogens is 1. The molecule has 22 heteroatoms. The number of halogens is 1. The van der Waals surface area contributed by atoms with Crippen LogP contribution in [-0.2, 0) is 31.6 Å². The van der Waals surface area contributed by atoms with E-state index in [4.69, 9.17) is 36.8 Å². The highest BCUT2D eigenvalue weighted by Crippen LogP contribution is 2.66. The Labute approximate surface area is 181 Å². The lowest BCUT2D eigenvalue weighted by atomic mass is 10.2. The van der Waals surface area contributed by atoms with Gasteiger partial charge >= 0.3 is 23.5 Å². The van der Waals surface area contributed by atoms with Crippen molar-refractivity contribution in [2.75, 3.05) is 12.3 Å². The summed E-state index contributed by atoms with van der Waals surface area (Å²) in [5.74, 6) is -0.247. The zero-order chi connectivity index (χ0) is 24.1. The lowest BCUT2D eigenvalue weighted by molar-refractivity contribution is -0.0422. The van der Waals surface area contributed by atoms with E-state index in [2.05, 4.69) is 28.1 Å². The molecule has 1 saturated heterocycles. The van der Waals surface area contributed by atoms with E-state index in [0.29, 0.717) is 0 Å². The van der Waals surface area contributed by atoms with Crippen molar-refractivity contribution in [1.29, 1.82) is 0 Å². The van der Waals surface area contributed by atoms with E-state index in [1.807, 2.05) is 0 Å². The predicted octanol–water partition coefficient (Wildman–Crippen LogP) is -0.653. The van der Waals surface area contributed by atoms with Crippen molar-refractivity contribution in [2.45, 2.75) is 24.9 Å². The minimum absolute atomic E-state index is 0.0676. The fourth-order valence-electron chi connectivity index (χ4n) is 2.72. The van der Waals surface area contributed by atoms with Gasteiger partial charge in [0.2, 0.25) is 11.2 Å². The number of aliphatic hydroxyl groups excluding tert-OH is 1. The Kier molecular flexibility index (Phi) is 7.02. The van der Waals surface area contributed by atoms with E-state index in [0.717, 1.165) is 4.57 Å². The first-order valence-electron chi connectivity index (χ1n) is 8.12. The van der Waals surface area contributed by atoms with Crippen molar-refractivity contribution in [2.24, 2.45) is 0 Å². The number of phosphoric ester groups is 1. The lowest BCUT2D eigenvalue weighted by Gasteiger charge is -2.19. The highest BCUT2D eigenvalue weighted by Gasteiger charge is 2.43.